The van der Waals surface area contributed by atoms with E-state index in [1.54, 1.807) is 11.3 Å². The van der Waals surface area contributed by atoms with Crippen molar-refractivity contribution in [2.24, 2.45) is 5.84 Å². The molecule has 1 unspecified atom stereocenters. The van der Waals surface area contributed by atoms with Gasteiger partial charge in [0.05, 0.1) is 11.6 Å². The van der Waals surface area contributed by atoms with Gasteiger partial charge in [-0.15, -0.1) is 11.3 Å². The molecule has 1 atom stereocenters. The van der Waals surface area contributed by atoms with Crippen molar-refractivity contribution in [3.8, 4) is 5.75 Å². The average Bonchev–Trinajstić information content (AvgIpc) is 3.06. The molecule has 3 N–H and O–H groups in total. The third kappa shape index (κ3) is 3.37. The van der Waals surface area contributed by atoms with E-state index >= 15 is 0 Å². The summed E-state index contributed by atoms with van der Waals surface area (Å²) in [7, 11) is 0. The molecule has 21 heavy (non-hydrogen) atoms. The lowest BCUT2D eigenvalue weighted by atomic mass is 10.0. The predicted molar refractivity (Wildman–Crippen MR) is 86.0 cm³/mol. The van der Waals surface area contributed by atoms with Crippen molar-refractivity contribution in [2.45, 2.75) is 32.2 Å². The summed E-state index contributed by atoms with van der Waals surface area (Å²) in [6.07, 6.45) is 2.50. The van der Waals surface area contributed by atoms with Crippen LogP contribution in [0.2, 0.25) is 5.02 Å². The highest BCUT2D eigenvalue weighted by Crippen LogP contribution is 2.33. The SMILES string of the molecule is Cc1csc(CC(Cc2cc(Cl)cc3c2OCC3)NN)n1. The van der Waals surface area contributed by atoms with Gasteiger partial charge in [0, 0.05) is 35.0 Å². The summed E-state index contributed by atoms with van der Waals surface area (Å²) in [5.74, 6) is 6.69. The largest absolute Gasteiger partial charge is 0.493 e. The Bertz CT molecular complexity index is 644. The topological polar surface area (TPSA) is 60.2 Å². The standard InChI is InChI=1S/C15H18ClN3OS/c1-9-8-21-14(18-9)7-13(19-17)6-11-5-12(16)4-10-2-3-20-15(10)11/h4-5,8,13,19H,2-3,6-7,17H2,1H3. The van der Waals surface area contributed by atoms with E-state index in [0.717, 1.165) is 52.9 Å². The van der Waals surface area contributed by atoms with E-state index in [1.165, 1.54) is 5.56 Å². The fourth-order valence-electron chi connectivity index (χ4n) is 2.66. The van der Waals surface area contributed by atoms with Gasteiger partial charge in [-0.25, -0.2) is 4.98 Å². The minimum atomic E-state index is 0.113. The molecule has 2 aromatic rings. The molecule has 0 amide bonds. The van der Waals surface area contributed by atoms with Crippen LogP contribution in [0.15, 0.2) is 17.5 Å². The number of nitrogens with zero attached hydrogens (tertiary/aromatic N) is 1. The van der Waals surface area contributed by atoms with Crippen LogP contribution < -0.4 is 16.0 Å². The molecule has 0 bridgehead atoms. The van der Waals surface area contributed by atoms with Crippen LogP contribution in [-0.2, 0) is 19.3 Å². The van der Waals surface area contributed by atoms with Crippen molar-refractivity contribution >= 4 is 22.9 Å². The van der Waals surface area contributed by atoms with E-state index in [0.29, 0.717) is 0 Å². The molecular formula is C15H18ClN3OS. The van der Waals surface area contributed by atoms with Crippen molar-refractivity contribution in [1.29, 1.82) is 0 Å². The first kappa shape index (κ1) is 14.8. The Morgan fingerprint density at radius 3 is 3.05 bits per heavy atom. The fourth-order valence-corrected chi connectivity index (χ4v) is 3.78. The molecule has 6 heteroatoms. The molecule has 0 saturated carbocycles. The number of hydrogen-bond donors (Lipinski definition) is 2. The van der Waals surface area contributed by atoms with Crippen molar-refractivity contribution in [3.63, 3.8) is 0 Å². The van der Waals surface area contributed by atoms with E-state index in [4.69, 9.17) is 22.2 Å². The lowest BCUT2D eigenvalue weighted by Crippen LogP contribution is -2.38. The minimum Gasteiger partial charge on any atom is -0.493 e. The number of halogens is 1. The normalized spacial score (nSPS) is 14.8. The summed E-state index contributed by atoms with van der Waals surface area (Å²) >= 11 is 7.87. The number of rotatable bonds is 5. The van der Waals surface area contributed by atoms with Crippen LogP contribution >= 0.6 is 22.9 Å². The van der Waals surface area contributed by atoms with Crippen molar-refractivity contribution in [3.05, 3.63) is 44.4 Å². The quantitative estimate of drug-likeness (QED) is 0.656. The minimum absolute atomic E-state index is 0.113. The summed E-state index contributed by atoms with van der Waals surface area (Å²) in [4.78, 5) is 4.50. The number of thiazole rings is 1. The van der Waals surface area contributed by atoms with Gasteiger partial charge >= 0.3 is 0 Å². The zero-order valence-electron chi connectivity index (χ0n) is 11.9. The predicted octanol–water partition coefficient (Wildman–Crippen LogP) is 2.66. The van der Waals surface area contributed by atoms with Gasteiger partial charge in [-0.2, -0.15) is 0 Å². The van der Waals surface area contributed by atoms with Gasteiger partial charge in [0.1, 0.15) is 5.75 Å². The Morgan fingerprint density at radius 1 is 1.48 bits per heavy atom. The van der Waals surface area contributed by atoms with E-state index in [2.05, 4.69) is 15.8 Å². The zero-order chi connectivity index (χ0) is 14.8. The number of nitrogens with two attached hydrogens (primary N) is 1. The Kier molecular flexibility index (Phi) is 4.45. The van der Waals surface area contributed by atoms with E-state index in [1.807, 2.05) is 19.1 Å². The number of fused-ring (bicyclic) bond motifs is 1. The smallest absolute Gasteiger partial charge is 0.125 e. The summed E-state index contributed by atoms with van der Waals surface area (Å²) < 4.78 is 5.74. The van der Waals surface area contributed by atoms with Crippen molar-refractivity contribution in [1.82, 2.24) is 10.4 Å². The van der Waals surface area contributed by atoms with Crippen LogP contribution in [0.3, 0.4) is 0 Å². The van der Waals surface area contributed by atoms with Gasteiger partial charge in [-0.3, -0.25) is 11.3 Å². The first-order chi connectivity index (χ1) is 10.2. The molecule has 0 radical (unpaired) electrons. The molecule has 0 aliphatic carbocycles. The summed E-state index contributed by atoms with van der Waals surface area (Å²) in [5.41, 5.74) is 6.25. The van der Waals surface area contributed by atoms with Crippen LogP contribution in [-0.4, -0.2) is 17.6 Å². The summed E-state index contributed by atoms with van der Waals surface area (Å²) in [5, 5.41) is 3.91. The van der Waals surface area contributed by atoms with Gasteiger partial charge in [0.2, 0.25) is 0 Å². The number of aryl methyl sites for hydroxylation is 1. The van der Waals surface area contributed by atoms with Crippen LogP contribution in [0.1, 0.15) is 21.8 Å². The maximum atomic E-state index is 6.20. The maximum Gasteiger partial charge on any atom is 0.125 e. The monoisotopic (exact) mass is 323 g/mol. The maximum absolute atomic E-state index is 6.20. The average molecular weight is 324 g/mol. The second-order valence-corrected chi connectivity index (χ2v) is 6.69. The third-order valence-electron chi connectivity index (χ3n) is 3.61. The van der Waals surface area contributed by atoms with Crippen LogP contribution in [0.25, 0.3) is 0 Å². The van der Waals surface area contributed by atoms with E-state index in [-0.39, 0.29) is 6.04 Å². The van der Waals surface area contributed by atoms with Crippen LogP contribution in [0.4, 0.5) is 0 Å². The first-order valence-electron chi connectivity index (χ1n) is 6.97. The highest BCUT2D eigenvalue weighted by atomic mass is 35.5. The molecule has 0 fully saturated rings. The number of hydrogen-bond acceptors (Lipinski definition) is 5. The summed E-state index contributed by atoms with van der Waals surface area (Å²) in [6, 6.07) is 4.08. The van der Waals surface area contributed by atoms with Gasteiger partial charge in [-0.1, -0.05) is 11.6 Å². The molecule has 0 saturated heterocycles. The Balaban J connectivity index is 1.78. The lowest BCUT2D eigenvalue weighted by Gasteiger charge is -2.17. The number of benzene rings is 1. The lowest BCUT2D eigenvalue weighted by molar-refractivity contribution is 0.351. The van der Waals surface area contributed by atoms with Crippen LogP contribution in [0, 0.1) is 6.92 Å². The first-order valence-corrected chi connectivity index (χ1v) is 8.22. The van der Waals surface area contributed by atoms with E-state index in [9.17, 15) is 0 Å². The molecule has 0 spiro atoms. The molecular weight excluding hydrogens is 306 g/mol. The molecule has 2 heterocycles. The van der Waals surface area contributed by atoms with Crippen molar-refractivity contribution in [2.75, 3.05) is 6.61 Å². The van der Waals surface area contributed by atoms with Gasteiger partial charge in [-0.05, 0) is 36.6 Å². The highest BCUT2D eigenvalue weighted by molar-refractivity contribution is 7.09. The van der Waals surface area contributed by atoms with Gasteiger partial charge < -0.3 is 4.74 Å². The van der Waals surface area contributed by atoms with Crippen molar-refractivity contribution < 1.29 is 4.74 Å². The zero-order valence-corrected chi connectivity index (χ0v) is 13.4. The molecule has 1 aromatic carbocycles. The molecule has 1 aliphatic rings. The fraction of sp³-hybridized carbons (Fsp3) is 0.400. The number of aromatic nitrogens is 1. The number of hydrazine groups is 1. The van der Waals surface area contributed by atoms with Crippen LogP contribution in [0.5, 0.6) is 5.75 Å². The molecule has 3 rings (SSSR count). The molecule has 4 nitrogen and oxygen atoms in total. The second kappa shape index (κ2) is 6.32. The Morgan fingerprint density at radius 2 is 2.33 bits per heavy atom. The second-order valence-electron chi connectivity index (χ2n) is 5.31. The number of ether oxygens (including phenoxy) is 1. The number of nitrogens with one attached hydrogen (secondary N) is 1. The highest BCUT2D eigenvalue weighted by Gasteiger charge is 2.20. The Hall–Kier alpha value is -1.14. The molecule has 1 aliphatic heterocycles. The summed E-state index contributed by atoms with van der Waals surface area (Å²) in [6.45, 7) is 2.73. The molecule has 1 aromatic heterocycles. The molecule has 112 valence electrons. The third-order valence-corrected chi connectivity index (χ3v) is 4.82. The van der Waals surface area contributed by atoms with E-state index < -0.39 is 0 Å². The Labute approximate surface area is 133 Å². The van der Waals surface area contributed by atoms with Gasteiger partial charge in [0.25, 0.3) is 0 Å². The van der Waals surface area contributed by atoms with Gasteiger partial charge in [0.15, 0.2) is 0 Å².